The van der Waals surface area contributed by atoms with E-state index < -0.39 is 5.97 Å². The Hall–Kier alpha value is -1.46. The van der Waals surface area contributed by atoms with Gasteiger partial charge in [-0.2, -0.15) is 0 Å². The molecular formula is C13H13ClO4S. The van der Waals surface area contributed by atoms with Crippen molar-refractivity contribution in [2.24, 2.45) is 0 Å². The summed E-state index contributed by atoms with van der Waals surface area (Å²) in [7, 11) is 0. The Morgan fingerprint density at radius 1 is 1.32 bits per heavy atom. The molecule has 1 aromatic carbocycles. The molecule has 6 heteroatoms. The topological polar surface area (TPSA) is 55.8 Å². The van der Waals surface area contributed by atoms with Gasteiger partial charge < -0.3 is 14.6 Å². The minimum atomic E-state index is -1.04. The molecule has 0 saturated carbocycles. The van der Waals surface area contributed by atoms with Crippen LogP contribution in [0.1, 0.15) is 23.5 Å². The summed E-state index contributed by atoms with van der Waals surface area (Å²) >= 11 is 7.25. The molecule has 0 aliphatic rings. The van der Waals surface area contributed by atoms with E-state index >= 15 is 0 Å². The van der Waals surface area contributed by atoms with Crippen molar-refractivity contribution >= 4 is 39.0 Å². The zero-order valence-corrected chi connectivity index (χ0v) is 12.1. The smallest absolute Gasteiger partial charge is 0.347 e. The fraction of sp³-hybridized carbons (Fsp3) is 0.308. The van der Waals surface area contributed by atoms with E-state index in [1.54, 1.807) is 12.1 Å². The number of aromatic carboxylic acids is 1. The molecule has 0 saturated heterocycles. The molecule has 19 heavy (non-hydrogen) atoms. The molecular weight excluding hydrogens is 288 g/mol. The van der Waals surface area contributed by atoms with Crippen molar-refractivity contribution in [1.29, 1.82) is 0 Å². The molecule has 1 aromatic heterocycles. The second-order valence-corrected chi connectivity index (χ2v) is 5.14. The number of fused-ring (bicyclic) bond motifs is 1. The van der Waals surface area contributed by atoms with E-state index in [1.165, 1.54) is 0 Å². The van der Waals surface area contributed by atoms with Crippen LogP contribution in [0.15, 0.2) is 12.1 Å². The summed E-state index contributed by atoms with van der Waals surface area (Å²) in [4.78, 5) is 11.2. The monoisotopic (exact) mass is 300 g/mol. The average Bonchev–Trinajstić information content (AvgIpc) is 2.68. The fourth-order valence-corrected chi connectivity index (χ4v) is 3.21. The van der Waals surface area contributed by atoms with Gasteiger partial charge in [-0.1, -0.05) is 11.6 Å². The van der Waals surface area contributed by atoms with Crippen LogP contribution in [-0.2, 0) is 0 Å². The number of hydrogen-bond donors (Lipinski definition) is 1. The Morgan fingerprint density at radius 2 is 2.00 bits per heavy atom. The van der Waals surface area contributed by atoms with E-state index in [2.05, 4.69) is 0 Å². The first kappa shape index (κ1) is 14.0. The van der Waals surface area contributed by atoms with Crippen LogP contribution in [0.5, 0.6) is 11.5 Å². The highest BCUT2D eigenvalue weighted by Gasteiger charge is 2.20. The van der Waals surface area contributed by atoms with Gasteiger partial charge in [0.15, 0.2) is 0 Å². The van der Waals surface area contributed by atoms with Gasteiger partial charge in [-0.3, -0.25) is 0 Å². The molecule has 1 heterocycles. The molecule has 2 rings (SSSR count). The molecule has 0 fully saturated rings. The maximum atomic E-state index is 11.1. The number of benzene rings is 1. The third-order valence-electron chi connectivity index (χ3n) is 2.48. The van der Waals surface area contributed by atoms with Gasteiger partial charge in [-0.05, 0) is 19.9 Å². The molecule has 0 aliphatic heterocycles. The molecule has 0 atom stereocenters. The van der Waals surface area contributed by atoms with Gasteiger partial charge in [0.05, 0.1) is 23.6 Å². The Bertz CT molecular complexity index is 621. The molecule has 1 N–H and O–H groups in total. The van der Waals surface area contributed by atoms with Gasteiger partial charge in [0.25, 0.3) is 0 Å². The van der Waals surface area contributed by atoms with Crippen molar-refractivity contribution in [2.45, 2.75) is 13.8 Å². The van der Waals surface area contributed by atoms with Crippen LogP contribution in [-0.4, -0.2) is 24.3 Å². The third kappa shape index (κ3) is 2.62. The lowest BCUT2D eigenvalue weighted by atomic mass is 10.2. The fourth-order valence-electron chi connectivity index (χ4n) is 1.79. The Morgan fingerprint density at radius 3 is 2.58 bits per heavy atom. The van der Waals surface area contributed by atoms with Crippen LogP contribution < -0.4 is 9.47 Å². The van der Waals surface area contributed by atoms with E-state index in [0.717, 1.165) is 16.0 Å². The second-order valence-electron chi connectivity index (χ2n) is 3.71. The standard InChI is InChI=1S/C13H13ClO4S/c1-3-17-7-5-8(18-4-2)10-9(6-7)19-12(11(10)14)13(15)16/h5-6H,3-4H2,1-2H3,(H,15,16). The highest BCUT2D eigenvalue weighted by molar-refractivity contribution is 7.21. The summed E-state index contributed by atoms with van der Waals surface area (Å²) in [6, 6.07) is 3.52. The number of ether oxygens (including phenoxy) is 2. The van der Waals surface area contributed by atoms with E-state index in [1.807, 2.05) is 13.8 Å². The maximum absolute atomic E-state index is 11.1. The van der Waals surface area contributed by atoms with Gasteiger partial charge in [-0.25, -0.2) is 4.79 Å². The number of carbonyl (C=O) groups is 1. The molecule has 0 amide bonds. The number of halogens is 1. The first-order valence-corrected chi connectivity index (χ1v) is 7.02. The molecule has 0 unspecified atom stereocenters. The van der Waals surface area contributed by atoms with E-state index in [9.17, 15) is 4.79 Å². The van der Waals surface area contributed by atoms with E-state index in [0.29, 0.717) is 30.1 Å². The molecule has 0 aliphatic carbocycles. The first-order chi connectivity index (χ1) is 9.08. The predicted octanol–water partition coefficient (Wildman–Crippen LogP) is 4.05. The molecule has 0 radical (unpaired) electrons. The van der Waals surface area contributed by atoms with E-state index in [4.69, 9.17) is 26.2 Å². The van der Waals surface area contributed by atoms with Gasteiger partial charge in [0.1, 0.15) is 16.4 Å². The zero-order chi connectivity index (χ0) is 14.0. The summed E-state index contributed by atoms with van der Waals surface area (Å²) in [6.07, 6.45) is 0. The lowest BCUT2D eigenvalue weighted by molar-refractivity contribution is 0.0702. The van der Waals surface area contributed by atoms with Crippen LogP contribution in [0.25, 0.3) is 10.1 Å². The summed E-state index contributed by atoms with van der Waals surface area (Å²) in [5, 5.41) is 9.97. The molecule has 2 aromatic rings. The largest absolute Gasteiger partial charge is 0.494 e. The van der Waals surface area contributed by atoms with Gasteiger partial charge in [0, 0.05) is 10.8 Å². The minimum absolute atomic E-state index is 0.117. The average molecular weight is 301 g/mol. The lowest BCUT2D eigenvalue weighted by Gasteiger charge is -2.09. The quantitative estimate of drug-likeness (QED) is 0.905. The van der Waals surface area contributed by atoms with Crippen molar-refractivity contribution < 1.29 is 19.4 Å². The summed E-state index contributed by atoms with van der Waals surface area (Å²) in [5.41, 5.74) is 0. The SMILES string of the molecule is CCOc1cc(OCC)c2c(Cl)c(C(=O)O)sc2c1. The van der Waals surface area contributed by atoms with Crippen molar-refractivity contribution in [3.05, 3.63) is 22.0 Å². The Balaban J connectivity index is 2.68. The van der Waals surface area contributed by atoms with Crippen molar-refractivity contribution in [2.75, 3.05) is 13.2 Å². The number of rotatable bonds is 5. The molecule has 0 spiro atoms. The lowest BCUT2D eigenvalue weighted by Crippen LogP contribution is -1.95. The molecule has 4 nitrogen and oxygen atoms in total. The normalized spacial score (nSPS) is 10.7. The molecule has 102 valence electrons. The van der Waals surface area contributed by atoms with Crippen molar-refractivity contribution in [3.8, 4) is 11.5 Å². The highest BCUT2D eigenvalue weighted by Crippen LogP contribution is 2.43. The third-order valence-corrected chi connectivity index (χ3v) is 4.09. The Labute approximate surface area is 119 Å². The predicted molar refractivity (Wildman–Crippen MR) is 76.1 cm³/mol. The van der Waals surface area contributed by atoms with Crippen LogP contribution in [0.4, 0.5) is 0 Å². The summed E-state index contributed by atoms with van der Waals surface area (Å²) in [5.74, 6) is 0.164. The van der Waals surface area contributed by atoms with Crippen LogP contribution in [0.2, 0.25) is 5.02 Å². The Kier molecular flexibility index (Phi) is 4.17. The van der Waals surface area contributed by atoms with Crippen LogP contribution in [0, 0.1) is 0 Å². The summed E-state index contributed by atoms with van der Waals surface area (Å²) in [6.45, 7) is 4.74. The number of thiophene rings is 1. The van der Waals surface area contributed by atoms with Crippen molar-refractivity contribution in [1.82, 2.24) is 0 Å². The van der Waals surface area contributed by atoms with Gasteiger partial charge in [0.2, 0.25) is 0 Å². The van der Waals surface area contributed by atoms with Gasteiger partial charge >= 0.3 is 5.97 Å². The van der Waals surface area contributed by atoms with Crippen LogP contribution in [0.3, 0.4) is 0 Å². The van der Waals surface area contributed by atoms with E-state index in [-0.39, 0.29) is 9.90 Å². The van der Waals surface area contributed by atoms with Crippen LogP contribution >= 0.6 is 22.9 Å². The minimum Gasteiger partial charge on any atom is -0.494 e. The maximum Gasteiger partial charge on any atom is 0.347 e. The van der Waals surface area contributed by atoms with Gasteiger partial charge in [-0.15, -0.1) is 11.3 Å². The second kappa shape index (κ2) is 5.67. The van der Waals surface area contributed by atoms with Crippen molar-refractivity contribution in [3.63, 3.8) is 0 Å². The number of carboxylic acids is 1. The highest BCUT2D eigenvalue weighted by atomic mass is 35.5. The molecule has 0 bridgehead atoms. The summed E-state index contributed by atoms with van der Waals surface area (Å²) < 4.78 is 11.7. The first-order valence-electron chi connectivity index (χ1n) is 5.83. The zero-order valence-electron chi connectivity index (χ0n) is 10.5. The number of hydrogen-bond acceptors (Lipinski definition) is 4. The number of carboxylic acid groups (broad SMARTS) is 1.